The molecule has 6 nitrogen and oxygen atoms in total. The topological polar surface area (TPSA) is 77.5 Å². The molecule has 0 radical (unpaired) electrons. The van der Waals surface area contributed by atoms with Crippen molar-refractivity contribution in [3.8, 4) is 0 Å². The maximum atomic E-state index is 15.9. The van der Waals surface area contributed by atoms with E-state index < -0.39 is 22.0 Å². The lowest BCUT2D eigenvalue weighted by molar-refractivity contribution is -0.123. The van der Waals surface area contributed by atoms with Crippen LogP contribution in [0.15, 0.2) is 182 Å². The number of carbonyl (C=O) groups is 2. The highest BCUT2D eigenvalue weighted by atomic mass is 28.4. The number of nitrogens with zero attached hydrogens (tertiary/aromatic N) is 1. The van der Waals surface area contributed by atoms with Crippen LogP contribution in [0.25, 0.3) is 10.9 Å². The van der Waals surface area contributed by atoms with E-state index in [0.717, 1.165) is 26.8 Å². The molecule has 0 saturated heterocycles. The van der Waals surface area contributed by atoms with Crippen LogP contribution < -0.4 is 26.1 Å². The van der Waals surface area contributed by atoms with E-state index in [4.69, 9.17) is 13.8 Å². The number of hydrogen-bond donors (Lipinski definition) is 1. The summed E-state index contributed by atoms with van der Waals surface area (Å²) in [6, 6.07) is 60.1. The van der Waals surface area contributed by atoms with Gasteiger partial charge in [0.15, 0.2) is 5.78 Å². The van der Waals surface area contributed by atoms with E-state index in [2.05, 4.69) is 156 Å². The zero-order valence-electron chi connectivity index (χ0n) is 37.5. The van der Waals surface area contributed by atoms with Crippen LogP contribution in [0.2, 0.25) is 10.1 Å². The van der Waals surface area contributed by atoms with Crippen molar-refractivity contribution in [2.45, 2.75) is 64.5 Å². The van der Waals surface area contributed by atoms with Gasteiger partial charge in [-0.15, -0.1) is 0 Å². The lowest BCUT2D eigenvalue weighted by atomic mass is 9.97. The summed E-state index contributed by atoms with van der Waals surface area (Å²) in [5, 5.41) is 8.37. The minimum absolute atomic E-state index is 0.00797. The molecule has 1 amide bonds. The van der Waals surface area contributed by atoms with E-state index in [1.54, 1.807) is 13.1 Å². The molecule has 0 aliphatic heterocycles. The minimum Gasteiger partial charge on any atom is -0.407 e. The van der Waals surface area contributed by atoms with Gasteiger partial charge in [-0.1, -0.05) is 205 Å². The number of para-hydroxylation sites is 1. The van der Waals surface area contributed by atoms with E-state index in [1.165, 1.54) is 10.4 Å². The van der Waals surface area contributed by atoms with E-state index >= 15 is 4.79 Å². The molecule has 1 heterocycles. The second-order valence-corrected chi connectivity index (χ2v) is 27.7. The molecule has 1 aromatic heterocycles. The number of nitrogens with one attached hydrogen (secondary N) is 1. The summed E-state index contributed by atoms with van der Waals surface area (Å²) < 4.78 is 15.6. The second kappa shape index (κ2) is 17.4. The summed E-state index contributed by atoms with van der Waals surface area (Å²) in [5.41, 5.74) is 1.87. The number of pyridine rings is 1. The SMILES string of the molecule is CC(=O)c1ccc(C2C(CO[Si](c3ccccc3)(c3ccccc3)C(C)(C)C)C2(CO[Si](c2ccccc2)(c2ccccc2)C(C)(C)C)C(=O)Nc2cccc3cccnc23)cc1. The van der Waals surface area contributed by atoms with Gasteiger partial charge in [-0.2, -0.15) is 0 Å². The third-order valence-corrected chi connectivity index (χ3v) is 23.3. The predicted molar refractivity (Wildman–Crippen MR) is 263 cm³/mol. The molecule has 63 heavy (non-hydrogen) atoms. The molecule has 1 saturated carbocycles. The number of Topliss-reactive ketones (excluding diaryl/α,β-unsaturated/α-hetero) is 1. The Bertz CT molecular complexity index is 2600. The molecule has 0 bridgehead atoms. The van der Waals surface area contributed by atoms with Gasteiger partial charge in [-0.3, -0.25) is 14.6 Å². The molecule has 1 N–H and O–H groups in total. The second-order valence-electron chi connectivity index (χ2n) is 19.1. The summed E-state index contributed by atoms with van der Waals surface area (Å²) in [4.78, 5) is 33.2. The number of anilines is 1. The van der Waals surface area contributed by atoms with Crippen molar-refractivity contribution in [3.05, 3.63) is 193 Å². The summed E-state index contributed by atoms with van der Waals surface area (Å²) in [5.74, 6) is -0.761. The van der Waals surface area contributed by atoms with Crippen LogP contribution in [-0.2, 0) is 13.6 Å². The van der Waals surface area contributed by atoms with Crippen molar-refractivity contribution < 1.29 is 18.4 Å². The zero-order valence-corrected chi connectivity index (χ0v) is 39.5. The zero-order chi connectivity index (χ0) is 44.5. The van der Waals surface area contributed by atoms with Gasteiger partial charge in [-0.25, -0.2) is 0 Å². The summed E-state index contributed by atoms with van der Waals surface area (Å²) in [6.45, 7) is 15.7. The highest BCUT2D eigenvalue weighted by molar-refractivity contribution is 7.00. The Morgan fingerprint density at radius 1 is 0.587 bits per heavy atom. The van der Waals surface area contributed by atoms with E-state index in [9.17, 15) is 4.79 Å². The average Bonchev–Trinajstić information content (AvgIpc) is 3.95. The van der Waals surface area contributed by atoms with Crippen molar-refractivity contribution in [2.24, 2.45) is 11.3 Å². The van der Waals surface area contributed by atoms with Crippen LogP contribution in [0, 0.1) is 11.3 Å². The lowest BCUT2D eigenvalue weighted by Crippen LogP contribution is -2.67. The van der Waals surface area contributed by atoms with E-state index in [-0.39, 0.29) is 40.2 Å². The van der Waals surface area contributed by atoms with Gasteiger partial charge >= 0.3 is 0 Å². The Morgan fingerprint density at radius 3 is 1.51 bits per heavy atom. The lowest BCUT2D eigenvalue weighted by Gasteiger charge is -2.44. The van der Waals surface area contributed by atoms with Crippen LogP contribution in [0.4, 0.5) is 5.69 Å². The van der Waals surface area contributed by atoms with Crippen LogP contribution in [-0.4, -0.2) is 46.5 Å². The first kappa shape index (κ1) is 43.9. The molecule has 1 fully saturated rings. The largest absolute Gasteiger partial charge is 0.407 e. The Kier molecular flexibility index (Phi) is 12.1. The molecular weight excluding hydrogens is 809 g/mol. The summed E-state index contributed by atoms with van der Waals surface area (Å²) in [6.07, 6.45) is 1.76. The third-order valence-electron chi connectivity index (χ3n) is 13.3. The highest BCUT2D eigenvalue weighted by Crippen LogP contribution is 2.66. The summed E-state index contributed by atoms with van der Waals surface area (Å²) in [7, 11) is -6.20. The van der Waals surface area contributed by atoms with Gasteiger partial charge in [0.05, 0.1) is 23.2 Å². The van der Waals surface area contributed by atoms with Crippen LogP contribution >= 0.6 is 0 Å². The van der Waals surface area contributed by atoms with Gasteiger partial charge in [0.2, 0.25) is 5.91 Å². The van der Waals surface area contributed by atoms with Crippen LogP contribution in [0.1, 0.15) is 70.3 Å². The number of amides is 1. The Balaban J connectivity index is 1.32. The monoisotopic (exact) mass is 866 g/mol. The fourth-order valence-corrected chi connectivity index (χ4v) is 19.4. The van der Waals surface area contributed by atoms with Crippen molar-refractivity contribution in [1.82, 2.24) is 4.98 Å². The van der Waals surface area contributed by atoms with Crippen molar-refractivity contribution in [3.63, 3.8) is 0 Å². The van der Waals surface area contributed by atoms with Gasteiger partial charge in [0, 0.05) is 35.6 Å². The molecule has 8 rings (SSSR count). The van der Waals surface area contributed by atoms with Gasteiger partial charge in [0.1, 0.15) is 0 Å². The van der Waals surface area contributed by atoms with Crippen molar-refractivity contribution >= 4 is 65.7 Å². The van der Waals surface area contributed by atoms with Crippen LogP contribution in [0.5, 0.6) is 0 Å². The molecule has 320 valence electrons. The Morgan fingerprint density at radius 2 is 1.05 bits per heavy atom. The fraction of sp³-hybridized carbons (Fsp3) is 0.255. The van der Waals surface area contributed by atoms with Gasteiger partial charge < -0.3 is 14.2 Å². The van der Waals surface area contributed by atoms with Crippen molar-refractivity contribution in [1.29, 1.82) is 0 Å². The molecule has 8 heteroatoms. The average molecular weight is 867 g/mol. The number of aromatic nitrogens is 1. The maximum absolute atomic E-state index is 15.9. The quantitative estimate of drug-likeness (QED) is 0.0871. The molecule has 7 aromatic rings. The number of benzene rings is 6. The molecule has 1 aliphatic carbocycles. The molecule has 0 spiro atoms. The van der Waals surface area contributed by atoms with E-state index in [1.807, 2.05) is 66.7 Å². The number of fused-ring (bicyclic) bond motifs is 1. The van der Waals surface area contributed by atoms with Gasteiger partial charge in [-0.05, 0) is 55.4 Å². The molecule has 1 aliphatic rings. The summed E-state index contributed by atoms with van der Waals surface area (Å²) >= 11 is 0. The van der Waals surface area contributed by atoms with Crippen LogP contribution in [0.3, 0.4) is 0 Å². The standard InChI is InChI=1S/C55H58N2O4Si2/c1-40(58)41-33-35-42(36-34-41)50-48(38-60-62(53(2,3)4,44-24-12-8-13-25-44)45-26-14-9-15-27-45)55(50,52(59)57-49-32-20-22-43-23-21-37-56-51(43)49)39-61-63(54(5,6)7,46-28-16-10-17-29-46)47-30-18-11-19-31-47/h8-37,48,50H,38-39H2,1-7H3,(H,57,59). The molecule has 6 aromatic carbocycles. The fourth-order valence-electron chi connectivity index (χ4n) is 10.2. The Hall–Kier alpha value is -5.78. The number of rotatable bonds is 14. The third kappa shape index (κ3) is 7.95. The maximum Gasteiger partial charge on any atom is 0.261 e. The molecule has 3 unspecified atom stereocenters. The Labute approximate surface area is 375 Å². The number of hydrogen-bond acceptors (Lipinski definition) is 5. The van der Waals surface area contributed by atoms with Gasteiger partial charge in [0.25, 0.3) is 16.6 Å². The first-order valence-corrected chi connectivity index (χ1v) is 25.8. The van der Waals surface area contributed by atoms with Crippen molar-refractivity contribution in [2.75, 3.05) is 18.5 Å². The first-order valence-electron chi connectivity index (χ1n) is 22.0. The smallest absolute Gasteiger partial charge is 0.261 e. The molecular formula is C55H58N2O4Si2. The minimum atomic E-state index is -3.15. The molecule has 3 atom stereocenters. The normalized spacial score (nSPS) is 17.9. The van der Waals surface area contributed by atoms with E-state index in [0.29, 0.717) is 17.9 Å². The number of carbonyl (C=O) groups excluding carboxylic acids is 2. The highest BCUT2D eigenvalue weighted by Gasteiger charge is 2.71. The predicted octanol–water partition coefficient (Wildman–Crippen LogP) is 9.93. The first-order chi connectivity index (χ1) is 30.2. The number of ketones is 1.